The number of carbonyl (C=O) groups excluding carboxylic acids is 1. The summed E-state index contributed by atoms with van der Waals surface area (Å²) in [6.07, 6.45) is 4.10. The third-order valence-corrected chi connectivity index (χ3v) is 3.67. The van der Waals surface area contributed by atoms with Crippen LogP contribution in [0.3, 0.4) is 0 Å². The standard InChI is InChI=1S/C14H16N4O2/c15-12-3-1-2-11(12)13(19)17-10-6-4-9(5-7-10)14-18-16-8-20-14/h4-8,11-12H,1-3,15H2,(H,17,19). The highest BCUT2D eigenvalue weighted by molar-refractivity contribution is 5.93. The molecule has 1 aromatic heterocycles. The lowest BCUT2D eigenvalue weighted by atomic mass is 10.0. The van der Waals surface area contributed by atoms with Crippen molar-refractivity contribution >= 4 is 11.6 Å². The van der Waals surface area contributed by atoms with Gasteiger partial charge >= 0.3 is 0 Å². The second-order valence-corrected chi connectivity index (χ2v) is 5.01. The smallest absolute Gasteiger partial charge is 0.247 e. The number of anilines is 1. The molecule has 104 valence electrons. The minimum absolute atomic E-state index is 0.000500. The molecule has 0 radical (unpaired) electrons. The van der Waals surface area contributed by atoms with Crippen molar-refractivity contribution in [3.63, 3.8) is 0 Å². The number of amides is 1. The average molecular weight is 272 g/mol. The minimum Gasteiger partial charge on any atom is -0.423 e. The van der Waals surface area contributed by atoms with Gasteiger partial charge in [-0.1, -0.05) is 6.42 Å². The van der Waals surface area contributed by atoms with Crippen LogP contribution in [0.4, 0.5) is 5.69 Å². The van der Waals surface area contributed by atoms with E-state index in [9.17, 15) is 4.79 Å². The Balaban J connectivity index is 1.68. The topological polar surface area (TPSA) is 94.0 Å². The zero-order valence-electron chi connectivity index (χ0n) is 11.0. The van der Waals surface area contributed by atoms with Crippen LogP contribution in [0.1, 0.15) is 19.3 Å². The Labute approximate surface area is 116 Å². The predicted octanol–water partition coefficient (Wildman–Crippen LogP) is 1.80. The molecule has 3 N–H and O–H groups in total. The van der Waals surface area contributed by atoms with Crippen LogP contribution >= 0.6 is 0 Å². The SMILES string of the molecule is NC1CCCC1C(=O)Nc1ccc(-c2nnco2)cc1. The molecule has 0 bridgehead atoms. The maximum atomic E-state index is 12.1. The first-order valence-electron chi connectivity index (χ1n) is 6.67. The Hall–Kier alpha value is -2.21. The van der Waals surface area contributed by atoms with Crippen LogP contribution in [-0.4, -0.2) is 22.1 Å². The molecule has 3 rings (SSSR count). The lowest BCUT2D eigenvalue weighted by Gasteiger charge is -2.15. The van der Waals surface area contributed by atoms with Crippen molar-refractivity contribution in [1.82, 2.24) is 10.2 Å². The van der Waals surface area contributed by atoms with Gasteiger partial charge in [0, 0.05) is 17.3 Å². The van der Waals surface area contributed by atoms with E-state index in [1.807, 2.05) is 24.3 Å². The molecule has 6 nitrogen and oxygen atoms in total. The fraction of sp³-hybridized carbons (Fsp3) is 0.357. The summed E-state index contributed by atoms with van der Waals surface area (Å²) in [6, 6.07) is 7.28. The molecule has 0 saturated heterocycles. The average Bonchev–Trinajstić information content (AvgIpc) is 3.10. The van der Waals surface area contributed by atoms with Crippen LogP contribution in [0.2, 0.25) is 0 Å². The Morgan fingerprint density at radius 2 is 2.10 bits per heavy atom. The number of aromatic nitrogens is 2. The highest BCUT2D eigenvalue weighted by atomic mass is 16.4. The lowest BCUT2D eigenvalue weighted by Crippen LogP contribution is -2.34. The van der Waals surface area contributed by atoms with E-state index in [1.54, 1.807) is 0 Å². The largest absolute Gasteiger partial charge is 0.423 e. The summed E-state index contributed by atoms with van der Waals surface area (Å²) in [6.45, 7) is 0. The quantitative estimate of drug-likeness (QED) is 0.888. The number of nitrogens with two attached hydrogens (primary N) is 1. The third-order valence-electron chi connectivity index (χ3n) is 3.67. The zero-order valence-corrected chi connectivity index (χ0v) is 11.0. The van der Waals surface area contributed by atoms with Gasteiger partial charge in [0.05, 0.1) is 5.92 Å². The Morgan fingerprint density at radius 3 is 2.70 bits per heavy atom. The maximum Gasteiger partial charge on any atom is 0.247 e. The van der Waals surface area contributed by atoms with E-state index >= 15 is 0 Å². The van der Waals surface area contributed by atoms with Crippen molar-refractivity contribution in [1.29, 1.82) is 0 Å². The Morgan fingerprint density at radius 1 is 1.30 bits per heavy atom. The summed E-state index contributed by atoms with van der Waals surface area (Å²) in [5, 5.41) is 10.4. The molecule has 1 aliphatic carbocycles. The summed E-state index contributed by atoms with van der Waals surface area (Å²) >= 11 is 0. The molecule has 20 heavy (non-hydrogen) atoms. The molecule has 2 atom stereocenters. The normalized spacial score (nSPS) is 21.9. The molecule has 2 aromatic rings. The van der Waals surface area contributed by atoms with Crippen LogP contribution in [-0.2, 0) is 4.79 Å². The molecule has 1 aliphatic rings. The first kappa shape index (κ1) is 12.8. The first-order chi connectivity index (χ1) is 9.74. The van der Waals surface area contributed by atoms with E-state index in [1.165, 1.54) is 6.39 Å². The van der Waals surface area contributed by atoms with Crippen molar-refractivity contribution < 1.29 is 9.21 Å². The van der Waals surface area contributed by atoms with Crippen LogP contribution in [0, 0.1) is 5.92 Å². The summed E-state index contributed by atoms with van der Waals surface area (Å²) in [7, 11) is 0. The molecule has 1 fully saturated rings. The highest BCUT2D eigenvalue weighted by Gasteiger charge is 2.30. The monoisotopic (exact) mass is 272 g/mol. The zero-order chi connectivity index (χ0) is 13.9. The number of nitrogens with one attached hydrogen (secondary N) is 1. The van der Waals surface area contributed by atoms with Crippen molar-refractivity contribution in [2.45, 2.75) is 25.3 Å². The van der Waals surface area contributed by atoms with E-state index in [2.05, 4.69) is 15.5 Å². The van der Waals surface area contributed by atoms with Gasteiger partial charge in [0.1, 0.15) is 0 Å². The van der Waals surface area contributed by atoms with Gasteiger partial charge in [-0.15, -0.1) is 10.2 Å². The second kappa shape index (κ2) is 5.42. The molecule has 0 aliphatic heterocycles. The van der Waals surface area contributed by atoms with Gasteiger partial charge in [-0.2, -0.15) is 0 Å². The summed E-state index contributed by atoms with van der Waals surface area (Å²) in [4.78, 5) is 12.1. The first-order valence-corrected chi connectivity index (χ1v) is 6.67. The van der Waals surface area contributed by atoms with E-state index < -0.39 is 0 Å². The van der Waals surface area contributed by atoms with E-state index in [0.29, 0.717) is 5.89 Å². The van der Waals surface area contributed by atoms with Crippen LogP contribution in [0.15, 0.2) is 35.1 Å². The van der Waals surface area contributed by atoms with E-state index in [-0.39, 0.29) is 17.9 Å². The van der Waals surface area contributed by atoms with Gasteiger partial charge in [0.25, 0.3) is 0 Å². The van der Waals surface area contributed by atoms with Gasteiger partial charge < -0.3 is 15.5 Å². The van der Waals surface area contributed by atoms with Crippen LogP contribution in [0.25, 0.3) is 11.5 Å². The number of rotatable bonds is 3. The fourth-order valence-electron chi connectivity index (χ4n) is 2.54. The number of benzene rings is 1. The summed E-state index contributed by atoms with van der Waals surface area (Å²) in [5.74, 6) is 0.381. The molecule has 1 saturated carbocycles. The predicted molar refractivity (Wildman–Crippen MR) is 73.7 cm³/mol. The number of carbonyl (C=O) groups is 1. The van der Waals surface area contributed by atoms with Gasteiger partial charge in [-0.05, 0) is 37.1 Å². The molecular weight excluding hydrogens is 256 g/mol. The van der Waals surface area contributed by atoms with Crippen molar-refractivity contribution in [2.24, 2.45) is 11.7 Å². The van der Waals surface area contributed by atoms with Gasteiger partial charge in [-0.3, -0.25) is 4.79 Å². The third kappa shape index (κ3) is 2.55. The lowest BCUT2D eigenvalue weighted by molar-refractivity contribution is -0.120. The molecular formula is C14H16N4O2. The molecule has 1 heterocycles. The van der Waals surface area contributed by atoms with Gasteiger partial charge in [0.2, 0.25) is 18.2 Å². The Kier molecular flexibility index (Phi) is 3.47. The minimum atomic E-state index is -0.0781. The van der Waals surface area contributed by atoms with Gasteiger partial charge in [0.15, 0.2) is 0 Å². The second-order valence-electron chi connectivity index (χ2n) is 5.01. The summed E-state index contributed by atoms with van der Waals surface area (Å²) in [5.41, 5.74) is 7.50. The Bertz CT molecular complexity index is 580. The molecule has 2 unspecified atom stereocenters. The molecule has 6 heteroatoms. The molecule has 0 spiro atoms. The van der Waals surface area contributed by atoms with Gasteiger partial charge in [-0.25, -0.2) is 0 Å². The number of hydrogen-bond acceptors (Lipinski definition) is 5. The molecule has 1 aromatic carbocycles. The van der Waals surface area contributed by atoms with E-state index in [4.69, 9.17) is 10.2 Å². The number of hydrogen-bond donors (Lipinski definition) is 2. The number of nitrogens with zero attached hydrogens (tertiary/aromatic N) is 2. The van der Waals surface area contributed by atoms with E-state index in [0.717, 1.165) is 30.5 Å². The van der Waals surface area contributed by atoms with Crippen molar-refractivity contribution in [3.8, 4) is 11.5 Å². The highest BCUT2D eigenvalue weighted by Crippen LogP contribution is 2.26. The fourth-order valence-corrected chi connectivity index (χ4v) is 2.54. The summed E-state index contributed by atoms with van der Waals surface area (Å²) < 4.78 is 5.11. The molecule has 1 amide bonds. The van der Waals surface area contributed by atoms with Crippen LogP contribution < -0.4 is 11.1 Å². The van der Waals surface area contributed by atoms with Crippen LogP contribution in [0.5, 0.6) is 0 Å². The van der Waals surface area contributed by atoms with Crippen molar-refractivity contribution in [3.05, 3.63) is 30.7 Å². The maximum absolute atomic E-state index is 12.1. The van der Waals surface area contributed by atoms with Crippen molar-refractivity contribution in [2.75, 3.05) is 5.32 Å².